The maximum absolute atomic E-state index is 11.8. The van der Waals surface area contributed by atoms with Gasteiger partial charge in [0.25, 0.3) is 5.91 Å². The molecule has 0 spiro atoms. The summed E-state index contributed by atoms with van der Waals surface area (Å²) in [5.41, 5.74) is 0. The minimum atomic E-state index is -0.326. The first-order valence-electron chi connectivity index (χ1n) is 5.32. The Morgan fingerprint density at radius 3 is 2.47 bits per heavy atom. The summed E-state index contributed by atoms with van der Waals surface area (Å²) >= 11 is 0. The fourth-order valence-electron chi connectivity index (χ4n) is 1.69. The highest BCUT2D eigenvalue weighted by Gasteiger charge is 2.41. The van der Waals surface area contributed by atoms with Crippen LogP contribution < -0.4 is 5.32 Å². The molecule has 5 heteroatoms. The molecular formula is C10H19N3O2. The van der Waals surface area contributed by atoms with Crippen LogP contribution in [0.1, 0.15) is 20.8 Å². The quantitative estimate of drug-likeness (QED) is 0.682. The number of likely N-dealkylation sites (N-methyl/N-ethyl adjacent to an activating group) is 2. The average molecular weight is 213 g/mol. The molecule has 15 heavy (non-hydrogen) atoms. The lowest BCUT2D eigenvalue weighted by molar-refractivity contribution is -0.127. The van der Waals surface area contributed by atoms with Gasteiger partial charge in [0.15, 0.2) is 0 Å². The van der Waals surface area contributed by atoms with Crippen LogP contribution in [0.5, 0.6) is 0 Å². The average Bonchev–Trinajstić information content (AvgIpc) is 2.42. The molecule has 0 aliphatic carbocycles. The minimum Gasteiger partial charge on any atom is -0.316 e. The highest BCUT2D eigenvalue weighted by atomic mass is 16.2. The molecular weight excluding hydrogens is 194 g/mol. The highest BCUT2D eigenvalue weighted by Crippen LogP contribution is 2.17. The first kappa shape index (κ1) is 12.0. The zero-order valence-electron chi connectivity index (χ0n) is 9.78. The van der Waals surface area contributed by atoms with Crippen molar-refractivity contribution in [3.8, 4) is 0 Å². The van der Waals surface area contributed by atoms with Crippen molar-refractivity contribution in [3.05, 3.63) is 0 Å². The summed E-state index contributed by atoms with van der Waals surface area (Å²) in [4.78, 5) is 26.4. The van der Waals surface area contributed by atoms with Crippen molar-refractivity contribution in [2.45, 2.75) is 32.9 Å². The Balaban J connectivity index is 2.74. The fraction of sp³-hybridized carbons (Fsp3) is 0.800. The van der Waals surface area contributed by atoms with E-state index in [9.17, 15) is 9.59 Å². The molecule has 0 radical (unpaired) electrons. The molecule has 0 aromatic heterocycles. The van der Waals surface area contributed by atoms with Gasteiger partial charge in [-0.15, -0.1) is 0 Å². The van der Waals surface area contributed by atoms with Crippen LogP contribution in [0, 0.1) is 0 Å². The summed E-state index contributed by atoms with van der Waals surface area (Å²) in [6.45, 7) is 6.59. The molecule has 0 saturated carbocycles. The van der Waals surface area contributed by atoms with Crippen molar-refractivity contribution < 1.29 is 9.59 Å². The van der Waals surface area contributed by atoms with E-state index in [4.69, 9.17) is 0 Å². The number of nitrogens with one attached hydrogen (secondary N) is 1. The Kier molecular flexibility index (Phi) is 3.68. The largest absolute Gasteiger partial charge is 0.327 e. The summed E-state index contributed by atoms with van der Waals surface area (Å²) < 4.78 is 0. The second kappa shape index (κ2) is 4.61. The van der Waals surface area contributed by atoms with Gasteiger partial charge in [0.05, 0.1) is 0 Å². The van der Waals surface area contributed by atoms with Crippen LogP contribution in [0.2, 0.25) is 0 Å². The van der Waals surface area contributed by atoms with Gasteiger partial charge in [-0.05, 0) is 27.8 Å². The van der Waals surface area contributed by atoms with Gasteiger partial charge in [-0.1, -0.05) is 0 Å². The second-order valence-electron chi connectivity index (χ2n) is 3.88. The van der Waals surface area contributed by atoms with Gasteiger partial charge in [-0.25, -0.2) is 4.79 Å². The van der Waals surface area contributed by atoms with Crippen molar-refractivity contribution in [2.24, 2.45) is 0 Å². The molecule has 1 aliphatic rings. The summed E-state index contributed by atoms with van der Waals surface area (Å²) in [5, 5.41) is 3.06. The van der Waals surface area contributed by atoms with Gasteiger partial charge < -0.3 is 10.2 Å². The van der Waals surface area contributed by atoms with E-state index in [0.717, 1.165) is 0 Å². The predicted molar refractivity (Wildman–Crippen MR) is 57.5 cm³/mol. The number of amides is 3. The SMILES string of the molecule is CCN1C(=O)C(C)N(CC(C)NC)C1=O. The van der Waals surface area contributed by atoms with Crippen LogP contribution in [0.4, 0.5) is 4.79 Å². The first-order chi connectivity index (χ1) is 7.02. The summed E-state index contributed by atoms with van der Waals surface area (Å²) in [6.07, 6.45) is 0. The zero-order chi connectivity index (χ0) is 11.6. The molecule has 1 fully saturated rings. The topological polar surface area (TPSA) is 52.7 Å². The third kappa shape index (κ3) is 2.12. The van der Waals surface area contributed by atoms with E-state index in [1.54, 1.807) is 11.8 Å². The lowest BCUT2D eigenvalue weighted by atomic mass is 10.2. The number of nitrogens with zero attached hydrogens (tertiary/aromatic N) is 2. The minimum absolute atomic E-state index is 0.0918. The standard InChI is InChI=1S/C10H19N3O2/c1-5-12-9(14)8(3)13(10(12)15)6-7(2)11-4/h7-8,11H,5-6H2,1-4H3. The fourth-order valence-corrected chi connectivity index (χ4v) is 1.69. The number of rotatable bonds is 4. The van der Waals surface area contributed by atoms with Gasteiger partial charge in [-0.3, -0.25) is 9.69 Å². The normalized spacial score (nSPS) is 23.9. The third-order valence-corrected chi connectivity index (χ3v) is 2.85. The Labute approximate surface area is 90.4 Å². The van der Waals surface area contributed by atoms with E-state index < -0.39 is 0 Å². The monoisotopic (exact) mass is 213 g/mol. The van der Waals surface area contributed by atoms with Crippen molar-refractivity contribution in [2.75, 3.05) is 20.1 Å². The molecule has 0 bridgehead atoms. The Bertz CT molecular complexity index is 267. The lowest BCUT2D eigenvalue weighted by Crippen LogP contribution is -2.42. The van der Waals surface area contributed by atoms with Gasteiger partial charge in [-0.2, -0.15) is 0 Å². The molecule has 1 aliphatic heterocycles. The van der Waals surface area contributed by atoms with E-state index in [-0.39, 0.29) is 24.0 Å². The molecule has 1 rings (SSSR count). The van der Waals surface area contributed by atoms with Crippen molar-refractivity contribution in [3.63, 3.8) is 0 Å². The van der Waals surface area contributed by atoms with Crippen LogP contribution >= 0.6 is 0 Å². The van der Waals surface area contributed by atoms with Crippen LogP contribution in [-0.4, -0.2) is 54.0 Å². The van der Waals surface area contributed by atoms with E-state index in [1.807, 2.05) is 20.9 Å². The van der Waals surface area contributed by atoms with Crippen LogP contribution in [-0.2, 0) is 4.79 Å². The Hall–Kier alpha value is -1.10. The molecule has 1 saturated heterocycles. The number of hydrogen-bond acceptors (Lipinski definition) is 3. The molecule has 1 N–H and O–H groups in total. The molecule has 0 aromatic rings. The zero-order valence-corrected chi connectivity index (χ0v) is 9.78. The first-order valence-corrected chi connectivity index (χ1v) is 5.32. The van der Waals surface area contributed by atoms with Crippen LogP contribution in [0.3, 0.4) is 0 Å². The van der Waals surface area contributed by atoms with Gasteiger partial charge in [0.1, 0.15) is 6.04 Å². The Morgan fingerprint density at radius 1 is 1.47 bits per heavy atom. The molecule has 1 heterocycles. The van der Waals surface area contributed by atoms with Gasteiger partial charge in [0.2, 0.25) is 0 Å². The smallest absolute Gasteiger partial charge is 0.316 e. The van der Waals surface area contributed by atoms with Crippen molar-refractivity contribution >= 4 is 11.9 Å². The van der Waals surface area contributed by atoms with Crippen molar-refractivity contribution in [1.82, 2.24) is 15.1 Å². The second-order valence-corrected chi connectivity index (χ2v) is 3.88. The molecule has 0 aromatic carbocycles. The van der Waals surface area contributed by atoms with E-state index in [0.29, 0.717) is 13.1 Å². The predicted octanol–water partition coefficient (Wildman–Crippen LogP) is 0.267. The molecule has 5 nitrogen and oxygen atoms in total. The summed E-state index contributed by atoms with van der Waals surface area (Å²) in [6, 6.07) is -0.300. The molecule has 86 valence electrons. The number of carbonyl (C=O) groups is 2. The van der Waals surface area contributed by atoms with Crippen LogP contribution in [0.25, 0.3) is 0 Å². The van der Waals surface area contributed by atoms with E-state index in [2.05, 4.69) is 5.32 Å². The summed E-state index contributed by atoms with van der Waals surface area (Å²) in [5.74, 6) is -0.0918. The van der Waals surface area contributed by atoms with Gasteiger partial charge in [0, 0.05) is 19.1 Å². The maximum atomic E-state index is 11.8. The van der Waals surface area contributed by atoms with E-state index >= 15 is 0 Å². The molecule has 3 amide bonds. The summed E-state index contributed by atoms with van der Waals surface area (Å²) in [7, 11) is 1.84. The lowest BCUT2D eigenvalue weighted by Gasteiger charge is -2.22. The molecule has 2 atom stereocenters. The number of hydrogen-bond donors (Lipinski definition) is 1. The number of imide groups is 1. The number of urea groups is 1. The Morgan fingerprint density at radius 2 is 2.07 bits per heavy atom. The number of carbonyl (C=O) groups excluding carboxylic acids is 2. The highest BCUT2D eigenvalue weighted by molar-refractivity contribution is 6.03. The maximum Gasteiger partial charge on any atom is 0.327 e. The van der Waals surface area contributed by atoms with Crippen LogP contribution in [0.15, 0.2) is 0 Å². The van der Waals surface area contributed by atoms with Gasteiger partial charge >= 0.3 is 6.03 Å². The van der Waals surface area contributed by atoms with Crippen molar-refractivity contribution in [1.29, 1.82) is 0 Å². The third-order valence-electron chi connectivity index (χ3n) is 2.85. The molecule has 2 unspecified atom stereocenters. The van der Waals surface area contributed by atoms with E-state index in [1.165, 1.54) is 4.90 Å².